The number of hydrogen-bond acceptors (Lipinski definition) is 5. The minimum Gasteiger partial charge on any atom is -0.497 e. The third-order valence-corrected chi connectivity index (χ3v) is 6.09. The van der Waals surface area contributed by atoms with Gasteiger partial charge in [0.1, 0.15) is 11.6 Å². The molecule has 3 aromatic rings. The SMILES string of the molecule is CCCCCN1C(=S)NC(c2cccc(OC)c2)C(c2nc(-c3cccc(F)c3)no2)=C1C. The number of halogens is 1. The number of thiocarbonyl (C=S) groups is 1. The predicted molar refractivity (Wildman–Crippen MR) is 130 cm³/mol. The van der Waals surface area contributed by atoms with Crippen LogP contribution in [0.2, 0.25) is 0 Å². The number of aromatic nitrogens is 2. The second kappa shape index (κ2) is 10.1. The molecule has 0 bridgehead atoms. The molecule has 6 nitrogen and oxygen atoms in total. The van der Waals surface area contributed by atoms with Crippen molar-refractivity contribution in [2.75, 3.05) is 13.7 Å². The largest absolute Gasteiger partial charge is 0.497 e. The molecule has 1 aliphatic heterocycles. The first-order valence-corrected chi connectivity index (χ1v) is 11.5. The van der Waals surface area contributed by atoms with Gasteiger partial charge in [0.2, 0.25) is 5.82 Å². The van der Waals surface area contributed by atoms with Crippen molar-refractivity contribution in [3.8, 4) is 17.1 Å². The zero-order valence-corrected chi connectivity index (χ0v) is 19.8. The summed E-state index contributed by atoms with van der Waals surface area (Å²) < 4.78 is 24.9. The summed E-state index contributed by atoms with van der Waals surface area (Å²) in [6, 6.07) is 13.7. The molecule has 1 aromatic heterocycles. The molecule has 0 fully saturated rings. The lowest BCUT2D eigenvalue weighted by molar-refractivity contribution is 0.394. The number of methoxy groups -OCH3 is 1. The molecule has 2 heterocycles. The molecule has 0 saturated heterocycles. The summed E-state index contributed by atoms with van der Waals surface area (Å²) in [5.41, 5.74) is 3.31. The van der Waals surface area contributed by atoms with E-state index in [1.165, 1.54) is 12.1 Å². The van der Waals surface area contributed by atoms with Gasteiger partial charge in [0.15, 0.2) is 5.11 Å². The monoisotopic (exact) mass is 466 g/mol. The number of ether oxygens (including phenoxy) is 1. The zero-order chi connectivity index (χ0) is 23.4. The van der Waals surface area contributed by atoms with Crippen molar-refractivity contribution in [2.45, 2.75) is 39.2 Å². The Labute approximate surface area is 198 Å². The fraction of sp³-hybridized carbons (Fsp3) is 0.320. The van der Waals surface area contributed by atoms with Gasteiger partial charge >= 0.3 is 0 Å². The van der Waals surface area contributed by atoms with Gasteiger partial charge in [0.05, 0.1) is 18.7 Å². The third-order valence-electron chi connectivity index (χ3n) is 5.75. The van der Waals surface area contributed by atoms with Crippen molar-refractivity contribution in [1.29, 1.82) is 0 Å². The van der Waals surface area contributed by atoms with E-state index in [-0.39, 0.29) is 11.9 Å². The molecule has 0 amide bonds. The summed E-state index contributed by atoms with van der Waals surface area (Å²) in [7, 11) is 1.64. The second-order valence-electron chi connectivity index (χ2n) is 7.95. The maximum atomic E-state index is 13.7. The van der Waals surface area contributed by atoms with Gasteiger partial charge in [-0.15, -0.1) is 0 Å². The van der Waals surface area contributed by atoms with Crippen LogP contribution in [0.1, 0.15) is 50.6 Å². The summed E-state index contributed by atoms with van der Waals surface area (Å²) in [4.78, 5) is 6.71. The van der Waals surface area contributed by atoms with Gasteiger partial charge in [-0.25, -0.2) is 4.39 Å². The van der Waals surface area contributed by atoms with Crippen LogP contribution in [0, 0.1) is 5.82 Å². The lowest BCUT2D eigenvalue weighted by Gasteiger charge is -2.37. The van der Waals surface area contributed by atoms with Crippen LogP contribution in [0.3, 0.4) is 0 Å². The van der Waals surface area contributed by atoms with E-state index in [0.29, 0.717) is 22.4 Å². The van der Waals surface area contributed by atoms with Crippen molar-refractivity contribution in [2.24, 2.45) is 0 Å². The van der Waals surface area contributed by atoms with E-state index in [0.717, 1.165) is 48.4 Å². The van der Waals surface area contributed by atoms with Gasteiger partial charge < -0.3 is 19.5 Å². The fourth-order valence-electron chi connectivity index (χ4n) is 4.00. The van der Waals surface area contributed by atoms with E-state index in [9.17, 15) is 4.39 Å². The lowest BCUT2D eigenvalue weighted by Crippen LogP contribution is -2.46. The Morgan fingerprint density at radius 1 is 1.18 bits per heavy atom. The van der Waals surface area contributed by atoms with Crippen LogP contribution in [0.15, 0.2) is 58.8 Å². The van der Waals surface area contributed by atoms with Crippen LogP contribution in [0.5, 0.6) is 5.75 Å². The summed E-state index contributed by atoms with van der Waals surface area (Å²) in [6.45, 7) is 4.99. The van der Waals surface area contributed by atoms with Gasteiger partial charge in [-0.1, -0.05) is 49.2 Å². The highest BCUT2D eigenvalue weighted by Crippen LogP contribution is 2.38. The fourth-order valence-corrected chi connectivity index (χ4v) is 4.34. The maximum absolute atomic E-state index is 13.7. The van der Waals surface area contributed by atoms with Crippen LogP contribution in [-0.2, 0) is 0 Å². The molecule has 1 atom stereocenters. The molecule has 1 aliphatic rings. The van der Waals surface area contributed by atoms with Crippen molar-refractivity contribution in [3.05, 3.63) is 71.5 Å². The lowest BCUT2D eigenvalue weighted by atomic mass is 9.94. The van der Waals surface area contributed by atoms with Crippen LogP contribution in [-0.4, -0.2) is 33.8 Å². The Hall–Kier alpha value is -3.26. The number of unbranched alkanes of at least 4 members (excludes halogenated alkanes) is 2. The Bertz CT molecular complexity index is 1180. The van der Waals surface area contributed by atoms with E-state index in [2.05, 4.69) is 27.3 Å². The van der Waals surface area contributed by atoms with E-state index < -0.39 is 0 Å². The third kappa shape index (κ3) is 4.90. The number of allylic oxidation sites excluding steroid dienone is 1. The predicted octanol–water partition coefficient (Wildman–Crippen LogP) is 5.74. The normalized spacial score (nSPS) is 16.2. The molecule has 0 saturated carbocycles. The van der Waals surface area contributed by atoms with E-state index in [1.807, 2.05) is 31.2 Å². The second-order valence-corrected chi connectivity index (χ2v) is 8.34. The highest BCUT2D eigenvalue weighted by Gasteiger charge is 2.34. The Morgan fingerprint density at radius 3 is 2.76 bits per heavy atom. The standard InChI is InChI=1S/C25H27FN4O2S/c1-4-5-6-13-30-16(2)21(22(27-25(30)33)17-9-8-12-20(15-17)31-3)24-28-23(29-32-24)18-10-7-11-19(26)14-18/h7-12,14-15,22H,4-6,13H2,1-3H3,(H,27,33). The molecule has 172 valence electrons. The number of nitrogens with zero attached hydrogens (tertiary/aromatic N) is 3. The molecule has 1 unspecified atom stereocenters. The minimum atomic E-state index is -0.352. The minimum absolute atomic E-state index is 0.296. The highest BCUT2D eigenvalue weighted by molar-refractivity contribution is 7.80. The van der Waals surface area contributed by atoms with Gasteiger partial charge in [0.25, 0.3) is 5.89 Å². The first kappa shape index (κ1) is 22.9. The van der Waals surface area contributed by atoms with Gasteiger partial charge in [-0.2, -0.15) is 4.98 Å². The number of hydrogen-bond donors (Lipinski definition) is 1. The molecule has 0 radical (unpaired) electrons. The highest BCUT2D eigenvalue weighted by atomic mass is 32.1. The Kier molecular flexibility index (Phi) is 7.03. The number of benzene rings is 2. The van der Waals surface area contributed by atoms with E-state index >= 15 is 0 Å². The molecular formula is C25H27FN4O2S. The molecule has 0 spiro atoms. The van der Waals surface area contributed by atoms with Crippen LogP contribution >= 0.6 is 12.2 Å². The first-order valence-electron chi connectivity index (χ1n) is 11.0. The quantitative estimate of drug-likeness (QED) is 0.336. The summed E-state index contributed by atoms with van der Waals surface area (Å²) in [5.74, 6) is 1.10. The summed E-state index contributed by atoms with van der Waals surface area (Å²) >= 11 is 5.73. The van der Waals surface area contributed by atoms with E-state index in [4.69, 9.17) is 21.5 Å². The van der Waals surface area contributed by atoms with E-state index in [1.54, 1.807) is 19.2 Å². The van der Waals surface area contributed by atoms with Crippen LogP contribution in [0.4, 0.5) is 4.39 Å². The van der Waals surface area contributed by atoms with Gasteiger partial charge in [-0.3, -0.25) is 0 Å². The summed E-state index contributed by atoms with van der Waals surface area (Å²) in [6.07, 6.45) is 3.26. The van der Waals surface area contributed by atoms with Gasteiger partial charge in [-0.05, 0) is 55.4 Å². The van der Waals surface area contributed by atoms with Crippen molar-refractivity contribution < 1.29 is 13.7 Å². The van der Waals surface area contributed by atoms with Crippen LogP contribution < -0.4 is 10.1 Å². The molecular weight excluding hydrogens is 439 g/mol. The molecule has 2 aromatic carbocycles. The Morgan fingerprint density at radius 2 is 2.00 bits per heavy atom. The van der Waals surface area contributed by atoms with Crippen molar-refractivity contribution in [3.63, 3.8) is 0 Å². The number of nitrogens with one attached hydrogen (secondary N) is 1. The Balaban J connectivity index is 1.78. The summed E-state index contributed by atoms with van der Waals surface area (Å²) in [5, 5.41) is 8.24. The average molecular weight is 467 g/mol. The van der Waals surface area contributed by atoms with Crippen molar-refractivity contribution >= 4 is 22.9 Å². The van der Waals surface area contributed by atoms with Crippen LogP contribution in [0.25, 0.3) is 17.0 Å². The average Bonchev–Trinajstić information content (AvgIpc) is 3.30. The number of rotatable bonds is 8. The maximum Gasteiger partial charge on any atom is 0.258 e. The molecule has 1 N–H and O–H groups in total. The topological polar surface area (TPSA) is 63.4 Å². The molecule has 0 aliphatic carbocycles. The smallest absolute Gasteiger partial charge is 0.258 e. The van der Waals surface area contributed by atoms with Crippen molar-refractivity contribution in [1.82, 2.24) is 20.4 Å². The molecule has 33 heavy (non-hydrogen) atoms. The molecule has 4 rings (SSSR count). The first-order chi connectivity index (χ1) is 16.0. The zero-order valence-electron chi connectivity index (χ0n) is 19.0. The van der Waals surface area contributed by atoms with Gasteiger partial charge in [0, 0.05) is 17.8 Å². The molecule has 8 heteroatoms.